The zero-order chi connectivity index (χ0) is 32.3. The Kier molecular flexibility index (Phi) is 8.05. The first-order chi connectivity index (χ1) is 19.8. The Labute approximate surface area is 249 Å². The molecule has 3 aliphatic rings. The summed E-state index contributed by atoms with van der Waals surface area (Å²) in [6.45, 7) is 5.72. The molecule has 43 heavy (non-hydrogen) atoms. The van der Waals surface area contributed by atoms with E-state index in [0.717, 1.165) is 0 Å². The summed E-state index contributed by atoms with van der Waals surface area (Å²) in [6, 6.07) is 0.503. The van der Waals surface area contributed by atoms with E-state index in [-0.39, 0.29) is 53.9 Å². The topological polar surface area (TPSA) is 203 Å². The predicted molar refractivity (Wildman–Crippen MR) is 156 cm³/mol. The van der Waals surface area contributed by atoms with Crippen molar-refractivity contribution < 1.29 is 44.3 Å². The van der Waals surface area contributed by atoms with E-state index in [2.05, 4.69) is 5.32 Å². The summed E-state index contributed by atoms with van der Waals surface area (Å²) in [4.78, 5) is 55.0. The molecule has 13 heteroatoms. The molecule has 0 heterocycles. The Bertz CT molecular complexity index is 1470. The van der Waals surface area contributed by atoms with E-state index in [9.17, 15) is 39.6 Å². The quantitative estimate of drug-likeness (QED) is 0.257. The summed E-state index contributed by atoms with van der Waals surface area (Å²) in [5.41, 5.74) is 2.58. The first kappa shape index (κ1) is 31.8. The Hall–Kier alpha value is -4.10. The van der Waals surface area contributed by atoms with Crippen molar-refractivity contribution in [1.82, 2.24) is 10.2 Å². The highest BCUT2D eigenvalue weighted by Crippen LogP contribution is 2.54. The lowest BCUT2D eigenvalue weighted by Gasteiger charge is -2.50. The number of hydrogen-bond donors (Lipinski definition) is 6. The first-order valence-corrected chi connectivity index (χ1v) is 13.9. The van der Waals surface area contributed by atoms with Gasteiger partial charge in [-0.1, -0.05) is 20.8 Å². The number of phenols is 1. The number of aliphatic hydroxyl groups is 3. The SMILES string of the molecule is CN(C)c1cc(CNC(=O)OCC(C)(C)C)c(O)c2c1C[C@@H]1C[C@@H]3C(N(C)C)C(=O)C(C(N)=O)=C(O)[C@]3(O)C(=O)C1=C2O. The molecule has 4 atom stereocenters. The number of aliphatic hydroxyl groups excluding tert-OH is 2. The fourth-order valence-corrected chi connectivity index (χ4v) is 6.38. The fraction of sp³-hybridized carbons (Fsp3) is 0.533. The standard InChI is InChI=1S/C30H40N4O9/c1-29(2,3)12-43-28(41)32-11-14-10-17(33(4)5)15-8-13-9-16-21(34(6)7)24(37)20(27(31)40)26(39)30(16,42)25(38)18(13)23(36)19(15)22(14)35/h10,13,16,21,35-36,39,42H,8-9,11-12H2,1-7H3,(H2,31,40)(H,32,41)/t13-,16-,21?,30-/m1/s1. The van der Waals surface area contributed by atoms with Gasteiger partial charge in [-0.05, 0) is 49.9 Å². The molecule has 234 valence electrons. The maximum atomic E-state index is 14.1. The number of primary amides is 1. The molecule has 0 saturated heterocycles. The monoisotopic (exact) mass is 600 g/mol. The molecule has 1 unspecified atom stereocenters. The first-order valence-electron chi connectivity index (χ1n) is 13.9. The largest absolute Gasteiger partial charge is 0.508 e. The van der Waals surface area contributed by atoms with Crippen molar-refractivity contribution in [2.75, 3.05) is 39.7 Å². The molecule has 0 aromatic heterocycles. The van der Waals surface area contributed by atoms with Crippen molar-refractivity contribution in [3.05, 3.63) is 39.7 Å². The van der Waals surface area contributed by atoms with Crippen LogP contribution in [0, 0.1) is 17.3 Å². The summed E-state index contributed by atoms with van der Waals surface area (Å²) in [7, 11) is 6.62. The van der Waals surface area contributed by atoms with Crippen LogP contribution in [-0.4, -0.2) is 95.3 Å². The number of benzene rings is 1. The van der Waals surface area contributed by atoms with E-state index < -0.39 is 64.1 Å². The third-order valence-electron chi connectivity index (χ3n) is 8.32. The van der Waals surface area contributed by atoms with E-state index in [1.165, 1.54) is 4.90 Å². The zero-order valence-corrected chi connectivity index (χ0v) is 25.4. The average molecular weight is 601 g/mol. The average Bonchev–Trinajstić information content (AvgIpc) is 2.88. The number of nitrogens with two attached hydrogens (primary N) is 1. The van der Waals surface area contributed by atoms with Crippen LogP contribution in [0.3, 0.4) is 0 Å². The summed E-state index contributed by atoms with van der Waals surface area (Å²) in [6.07, 6.45) is -0.564. The van der Waals surface area contributed by atoms with Crippen LogP contribution >= 0.6 is 0 Å². The van der Waals surface area contributed by atoms with Gasteiger partial charge < -0.3 is 41.1 Å². The van der Waals surface area contributed by atoms with Gasteiger partial charge in [-0.15, -0.1) is 0 Å². The number of nitrogens with one attached hydrogen (secondary N) is 1. The summed E-state index contributed by atoms with van der Waals surface area (Å²) in [5.74, 6) is -7.19. The zero-order valence-electron chi connectivity index (χ0n) is 25.4. The van der Waals surface area contributed by atoms with Crippen LogP contribution in [0.5, 0.6) is 5.75 Å². The molecule has 7 N–H and O–H groups in total. The molecule has 3 aliphatic carbocycles. The van der Waals surface area contributed by atoms with Gasteiger partial charge in [-0.25, -0.2) is 4.79 Å². The summed E-state index contributed by atoms with van der Waals surface area (Å²) in [5, 5.41) is 48.3. The summed E-state index contributed by atoms with van der Waals surface area (Å²) >= 11 is 0. The van der Waals surface area contributed by atoms with E-state index >= 15 is 0 Å². The van der Waals surface area contributed by atoms with Gasteiger partial charge >= 0.3 is 6.09 Å². The van der Waals surface area contributed by atoms with Crippen LogP contribution in [-0.2, 0) is 32.1 Å². The van der Waals surface area contributed by atoms with Gasteiger partial charge in [0.2, 0.25) is 5.78 Å². The van der Waals surface area contributed by atoms with E-state index in [1.54, 1.807) is 39.2 Å². The second-order valence-electron chi connectivity index (χ2n) is 13.1. The normalized spacial score (nSPS) is 25.3. The number of aromatic hydroxyl groups is 1. The number of fused-ring (bicyclic) bond motifs is 3. The van der Waals surface area contributed by atoms with Crippen molar-refractivity contribution >= 4 is 35.0 Å². The lowest BCUT2D eigenvalue weighted by molar-refractivity contribution is -0.153. The molecule has 0 spiro atoms. The number of amides is 2. The highest BCUT2D eigenvalue weighted by atomic mass is 16.5. The van der Waals surface area contributed by atoms with Gasteiger partial charge in [0, 0.05) is 43.4 Å². The summed E-state index contributed by atoms with van der Waals surface area (Å²) < 4.78 is 5.23. The predicted octanol–water partition coefficient (Wildman–Crippen LogP) is 1.30. The van der Waals surface area contributed by atoms with Gasteiger partial charge in [0.05, 0.1) is 18.2 Å². The van der Waals surface area contributed by atoms with Crippen LogP contribution in [0.1, 0.15) is 43.9 Å². The van der Waals surface area contributed by atoms with Gasteiger partial charge in [-0.3, -0.25) is 19.3 Å². The second-order valence-corrected chi connectivity index (χ2v) is 13.1. The minimum Gasteiger partial charge on any atom is -0.508 e. The van der Waals surface area contributed by atoms with Crippen LogP contribution in [0.25, 0.3) is 5.76 Å². The van der Waals surface area contributed by atoms with Gasteiger partial charge in [0.1, 0.15) is 22.8 Å². The number of Topliss-reactive ketones (excluding diaryl/α,β-unsaturated/α-hetero) is 2. The molecule has 1 saturated carbocycles. The van der Waals surface area contributed by atoms with Crippen LogP contribution in [0.2, 0.25) is 0 Å². The fourth-order valence-electron chi connectivity index (χ4n) is 6.38. The number of ether oxygens (including phenoxy) is 1. The third-order valence-corrected chi connectivity index (χ3v) is 8.32. The maximum Gasteiger partial charge on any atom is 0.407 e. The number of phenolic OH excluding ortho intramolecular Hbond substituents is 1. The molecule has 0 aliphatic heterocycles. The molecule has 13 nitrogen and oxygen atoms in total. The molecule has 2 amide bonds. The van der Waals surface area contributed by atoms with Crippen molar-refractivity contribution in [1.29, 1.82) is 0 Å². The van der Waals surface area contributed by atoms with Gasteiger partial charge in [0.15, 0.2) is 11.4 Å². The Morgan fingerprint density at radius 2 is 1.77 bits per heavy atom. The number of carbonyl (C=O) groups is 4. The minimum atomic E-state index is -2.72. The van der Waals surface area contributed by atoms with Crippen LogP contribution < -0.4 is 16.0 Å². The minimum absolute atomic E-state index is 0.0116. The highest BCUT2D eigenvalue weighted by molar-refractivity contribution is 6.24. The van der Waals surface area contributed by atoms with Crippen molar-refractivity contribution in [3.63, 3.8) is 0 Å². The van der Waals surface area contributed by atoms with Crippen LogP contribution in [0.4, 0.5) is 10.5 Å². The number of likely N-dealkylation sites (N-methyl/N-ethyl adjacent to an activating group) is 1. The molecule has 1 fully saturated rings. The Balaban J connectivity index is 1.84. The van der Waals surface area contributed by atoms with Crippen molar-refractivity contribution in [2.45, 2.75) is 51.8 Å². The Morgan fingerprint density at radius 1 is 1.14 bits per heavy atom. The van der Waals surface area contributed by atoms with Gasteiger partial charge in [-0.2, -0.15) is 0 Å². The highest BCUT2D eigenvalue weighted by Gasteiger charge is 2.64. The molecule has 1 aromatic rings. The molecule has 0 radical (unpaired) electrons. The molecule has 1 aromatic carbocycles. The van der Waals surface area contributed by atoms with Crippen LogP contribution in [0.15, 0.2) is 23.0 Å². The molecular weight excluding hydrogens is 560 g/mol. The maximum absolute atomic E-state index is 14.1. The van der Waals surface area contributed by atoms with Gasteiger partial charge in [0.25, 0.3) is 5.91 Å². The number of hydrogen-bond acceptors (Lipinski definition) is 11. The molecular formula is C30H40N4O9. The van der Waals surface area contributed by atoms with Crippen molar-refractivity contribution in [3.8, 4) is 5.75 Å². The number of alkyl carbamates (subject to hydrolysis) is 1. The smallest absolute Gasteiger partial charge is 0.407 e. The lowest BCUT2D eigenvalue weighted by Crippen LogP contribution is -2.65. The lowest BCUT2D eigenvalue weighted by atomic mass is 9.57. The number of anilines is 1. The number of rotatable bonds is 6. The van der Waals surface area contributed by atoms with E-state index in [4.69, 9.17) is 10.5 Å². The molecule has 4 rings (SSSR count). The molecule has 0 bridgehead atoms. The third kappa shape index (κ3) is 5.20. The Morgan fingerprint density at radius 3 is 2.30 bits per heavy atom. The number of carbonyl (C=O) groups excluding carboxylic acids is 4. The number of ketones is 2. The second kappa shape index (κ2) is 10.9. The van der Waals surface area contributed by atoms with Crippen molar-refractivity contribution in [2.24, 2.45) is 23.0 Å². The van der Waals surface area contributed by atoms with E-state index in [1.807, 2.05) is 20.8 Å². The van der Waals surface area contributed by atoms with E-state index in [0.29, 0.717) is 11.3 Å². The number of nitrogens with zero attached hydrogens (tertiary/aromatic N) is 2.